The van der Waals surface area contributed by atoms with Crippen molar-refractivity contribution in [2.75, 3.05) is 26.4 Å². The molecule has 3 aliphatic heterocycles. The summed E-state index contributed by atoms with van der Waals surface area (Å²) in [6.07, 6.45) is 2.54. The molecule has 0 aromatic heterocycles. The number of halogens is 1. The number of oxime groups is 1. The summed E-state index contributed by atoms with van der Waals surface area (Å²) in [6, 6.07) is 4.59. The average molecular weight is 382 g/mol. The maximum atomic E-state index is 14.0. The Bertz CT molecular complexity index is 698. The van der Waals surface area contributed by atoms with Crippen LogP contribution in [0, 0.1) is 5.82 Å². The van der Waals surface area contributed by atoms with E-state index in [1.807, 2.05) is 13.8 Å². The highest BCUT2D eigenvalue weighted by Gasteiger charge is 2.55. The van der Waals surface area contributed by atoms with Crippen molar-refractivity contribution < 1.29 is 23.0 Å². The number of nitrogens with zero attached hydrogens (tertiary/aromatic N) is 2. The monoisotopic (exact) mass is 382 g/mol. The van der Waals surface area contributed by atoms with Crippen molar-refractivity contribution in [3.05, 3.63) is 29.6 Å². The number of fused-ring (bicyclic) bond motifs is 4. The molecule has 26 heavy (non-hydrogen) atoms. The maximum Gasteiger partial charge on any atom is 0.244 e. The van der Waals surface area contributed by atoms with Gasteiger partial charge >= 0.3 is 0 Å². The number of piperidine rings is 1. The van der Waals surface area contributed by atoms with Gasteiger partial charge in [-0.05, 0) is 44.9 Å². The summed E-state index contributed by atoms with van der Waals surface area (Å²) < 4.78 is 31.5. The standard InChI is InChI=1S/C18H24FN2O4P/c1-3-23-26(24-4-2)16-6-5-10-21-17(16)20-25-18(21)9-11-22-15-8-7-13(19)12-14(15)18/h7-8,12,16H,3-6,9-11H2,1-2H3. The van der Waals surface area contributed by atoms with Crippen molar-refractivity contribution >= 4 is 14.2 Å². The Kier molecular flexibility index (Phi) is 5.04. The first-order valence-electron chi connectivity index (χ1n) is 9.21. The highest BCUT2D eigenvalue weighted by molar-refractivity contribution is 7.49. The van der Waals surface area contributed by atoms with Crippen molar-refractivity contribution in [1.29, 1.82) is 0 Å². The lowest BCUT2D eigenvalue weighted by Crippen LogP contribution is -2.53. The Balaban J connectivity index is 1.67. The largest absolute Gasteiger partial charge is 0.493 e. The first-order valence-corrected chi connectivity index (χ1v) is 10.5. The van der Waals surface area contributed by atoms with E-state index in [-0.39, 0.29) is 11.5 Å². The molecule has 0 radical (unpaired) electrons. The lowest BCUT2D eigenvalue weighted by molar-refractivity contribution is -0.128. The normalized spacial score (nSPS) is 27.0. The van der Waals surface area contributed by atoms with Gasteiger partial charge in [-0.3, -0.25) is 0 Å². The van der Waals surface area contributed by atoms with E-state index in [0.29, 0.717) is 37.6 Å². The van der Waals surface area contributed by atoms with Gasteiger partial charge in [0.1, 0.15) is 11.6 Å². The lowest BCUT2D eigenvalue weighted by Gasteiger charge is -2.44. The SMILES string of the molecule is CCOP(OCC)C1CCCN2C1=NOC21CCOc2ccc(F)cc21. The number of rotatable bonds is 5. The summed E-state index contributed by atoms with van der Waals surface area (Å²) in [7, 11) is -1.08. The molecule has 1 saturated heterocycles. The Labute approximate surface area is 154 Å². The molecule has 0 bridgehead atoms. The molecule has 1 spiro atoms. The average Bonchev–Trinajstić information content (AvgIpc) is 3.02. The van der Waals surface area contributed by atoms with Crippen molar-refractivity contribution in [3.63, 3.8) is 0 Å². The second kappa shape index (κ2) is 7.29. The zero-order chi connectivity index (χ0) is 18.1. The molecule has 8 heteroatoms. The Morgan fingerprint density at radius 2 is 2.15 bits per heavy atom. The number of amidine groups is 1. The minimum atomic E-state index is -1.08. The molecule has 6 nitrogen and oxygen atoms in total. The van der Waals surface area contributed by atoms with Crippen molar-refractivity contribution in [2.45, 2.75) is 44.5 Å². The summed E-state index contributed by atoms with van der Waals surface area (Å²) in [5, 5.41) is 4.45. The smallest absolute Gasteiger partial charge is 0.244 e. The molecule has 3 heterocycles. The van der Waals surface area contributed by atoms with Crippen molar-refractivity contribution in [2.24, 2.45) is 5.16 Å². The molecule has 1 fully saturated rings. The van der Waals surface area contributed by atoms with Gasteiger partial charge in [-0.1, -0.05) is 5.16 Å². The van der Waals surface area contributed by atoms with E-state index in [0.717, 1.165) is 25.2 Å². The fourth-order valence-corrected chi connectivity index (χ4v) is 5.64. The number of benzene rings is 1. The Morgan fingerprint density at radius 1 is 1.35 bits per heavy atom. The lowest BCUT2D eigenvalue weighted by atomic mass is 9.92. The third-order valence-corrected chi connectivity index (χ3v) is 7.01. The van der Waals surface area contributed by atoms with E-state index in [2.05, 4.69) is 10.1 Å². The van der Waals surface area contributed by atoms with Crippen LogP contribution >= 0.6 is 8.38 Å². The van der Waals surface area contributed by atoms with Crippen LogP contribution < -0.4 is 4.74 Å². The van der Waals surface area contributed by atoms with Gasteiger partial charge in [-0.2, -0.15) is 0 Å². The molecule has 0 N–H and O–H groups in total. The minimum absolute atomic E-state index is 0.0675. The molecule has 4 rings (SSSR count). The first kappa shape index (κ1) is 18.0. The molecule has 1 aromatic carbocycles. The summed E-state index contributed by atoms with van der Waals surface area (Å²) in [6.45, 7) is 6.47. The molecule has 2 atom stereocenters. The Hall–Kier alpha value is -1.43. The van der Waals surface area contributed by atoms with Gasteiger partial charge in [0.15, 0.2) is 14.2 Å². The predicted octanol–water partition coefficient (Wildman–Crippen LogP) is 3.95. The van der Waals surface area contributed by atoms with Gasteiger partial charge < -0.3 is 23.5 Å². The van der Waals surface area contributed by atoms with Crippen molar-refractivity contribution in [1.82, 2.24) is 4.90 Å². The molecular weight excluding hydrogens is 358 g/mol. The van der Waals surface area contributed by atoms with Crippen LogP contribution in [0.15, 0.2) is 23.4 Å². The van der Waals surface area contributed by atoms with Gasteiger partial charge in [0.2, 0.25) is 5.72 Å². The van der Waals surface area contributed by atoms with E-state index < -0.39 is 14.1 Å². The molecule has 1 aromatic rings. The zero-order valence-corrected chi connectivity index (χ0v) is 16.0. The van der Waals surface area contributed by atoms with Gasteiger partial charge in [0.05, 0.1) is 31.0 Å². The number of ether oxygens (including phenoxy) is 1. The zero-order valence-electron chi connectivity index (χ0n) is 15.1. The molecule has 142 valence electrons. The predicted molar refractivity (Wildman–Crippen MR) is 96.6 cm³/mol. The third-order valence-electron chi connectivity index (χ3n) is 4.99. The van der Waals surface area contributed by atoms with Crippen LogP contribution in [0.5, 0.6) is 5.75 Å². The second-order valence-corrected chi connectivity index (χ2v) is 8.21. The molecular formula is C18H24FN2O4P. The summed E-state index contributed by atoms with van der Waals surface area (Å²) in [5.74, 6) is 1.22. The van der Waals surface area contributed by atoms with E-state index in [1.54, 1.807) is 6.07 Å². The fraction of sp³-hybridized carbons (Fsp3) is 0.611. The number of hydrogen-bond donors (Lipinski definition) is 0. The fourth-order valence-electron chi connectivity index (χ4n) is 3.93. The van der Waals surface area contributed by atoms with E-state index in [9.17, 15) is 4.39 Å². The molecule has 2 unspecified atom stereocenters. The van der Waals surface area contributed by atoms with Gasteiger partial charge in [0, 0.05) is 13.0 Å². The molecule has 0 saturated carbocycles. The highest BCUT2D eigenvalue weighted by Crippen LogP contribution is 2.53. The molecule has 0 amide bonds. The van der Waals surface area contributed by atoms with Crippen molar-refractivity contribution in [3.8, 4) is 5.75 Å². The van der Waals surface area contributed by atoms with E-state index >= 15 is 0 Å². The highest BCUT2D eigenvalue weighted by atomic mass is 31.2. The summed E-state index contributed by atoms with van der Waals surface area (Å²) in [4.78, 5) is 8.19. The summed E-state index contributed by atoms with van der Waals surface area (Å²) in [5.41, 5.74) is -0.0125. The maximum absolute atomic E-state index is 14.0. The van der Waals surface area contributed by atoms with Gasteiger partial charge in [-0.25, -0.2) is 4.39 Å². The topological polar surface area (TPSA) is 52.5 Å². The Morgan fingerprint density at radius 3 is 2.92 bits per heavy atom. The first-order chi connectivity index (χ1) is 12.7. The number of hydrogen-bond acceptors (Lipinski definition) is 6. The second-order valence-electron chi connectivity index (χ2n) is 6.49. The minimum Gasteiger partial charge on any atom is -0.493 e. The molecule has 0 aliphatic carbocycles. The van der Waals surface area contributed by atoms with Crippen LogP contribution in [-0.4, -0.2) is 42.8 Å². The van der Waals surface area contributed by atoms with Crippen LogP contribution in [-0.2, 0) is 19.6 Å². The third kappa shape index (κ3) is 2.86. The van der Waals surface area contributed by atoms with Crippen LogP contribution in [0.25, 0.3) is 0 Å². The van der Waals surface area contributed by atoms with E-state index in [4.69, 9.17) is 18.6 Å². The van der Waals surface area contributed by atoms with Gasteiger partial charge in [0.25, 0.3) is 0 Å². The van der Waals surface area contributed by atoms with Gasteiger partial charge in [-0.15, -0.1) is 0 Å². The van der Waals surface area contributed by atoms with Crippen LogP contribution in [0.2, 0.25) is 0 Å². The van der Waals surface area contributed by atoms with E-state index in [1.165, 1.54) is 12.1 Å². The quantitative estimate of drug-likeness (QED) is 0.722. The van der Waals surface area contributed by atoms with Crippen LogP contribution in [0.1, 0.15) is 38.7 Å². The van der Waals surface area contributed by atoms with Crippen LogP contribution in [0.4, 0.5) is 4.39 Å². The summed E-state index contributed by atoms with van der Waals surface area (Å²) >= 11 is 0. The molecule has 3 aliphatic rings. The van der Waals surface area contributed by atoms with Crippen LogP contribution in [0.3, 0.4) is 0 Å².